The van der Waals surface area contributed by atoms with Crippen LogP contribution < -0.4 is 10.9 Å². The van der Waals surface area contributed by atoms with Gasteiger partial charge in [-0.25, -0.2) is 12.7 Å². The predicted octanol–water partition coefficient (Wildman–Crippen LogP) is -0.129. The molecule has 1 aromatic rings. The van der Waals surface area contributed by atoms with Gasteiger partial charge in [0, 0.05) is 32.9 Å². The molecule has 0 aromatic carbocycles. The van der Waals surface area contributed by atoms with Gasteiger partial charge in [-0.2, -0.15) is 0 Å². The van der Waals surface area contributed by atoms with Gasteiger partial charge in [-0.15, -0.1) is 0 Å². The molecule has 0 radical (unpaired) electrons. The van der Waals surface area contributed by atoms with Crippen molar-refractivity contribution in [3.8, 4) is 0 Å². The van der Waals surface area contributed by atoms with E-state index in [0.29, 0.717) is 12.5 Å². The normalized spacial score (nSPS) is 11.9. The van der Waals surface area contributed by atoms with Gasteiger partial charge in [-0.1, -0.05) is 13.8 Å². The Morgan fingerprint density at radius 3 is 2.48 bits per heavy atom. The molecule has 0 saturated heterocycles. The standard InChI is InChI=1S/C13H21N3O4S/c1-10(2)7-14-12(17)9-16-8-11(5-6-13(16)18)21(19,20)15(3)4/h5-6,8,10H,7,9H2,1-4H3,(H,14,17). The summed E-state index contributed by atoms with van der Waals surface area (Å²) in [7, 11) is -0.830. The van der Waals surface area contributed by atoms with Gasteiger partial charge in [0.15, 0.2) is 0 Å². The smallest absolute Gasteiger partial charge is 0.251 e. The minimum atomic E-state index is -3.64. The zero-order valence-corrected chi connectivity index (χ0v) is 13.5. The Labute approximate surface area is 124 Å². The summed E-state index contributed by atoms with van der Waals surface area (Å²) in [5.74, 6) is -0.0312. The summed E-state index contributed by atoms with van der Waals surface area (Å²) in [6.45, 7) is 4.21. The summed E-state index contributed by atoms with van der Waals surface area (Å²) in [6, 6.07) is 2.38. The number of carbonyl (C=O) groups is 1. The zero-order chi connectivity index (χ0) is 16.2. The van der Waals surface area contributed by atoms with E-state index in [1.165, 1.54) is 26.4 Å². The molecule has 1 heterocycles. The number of sulfonamides is 1. The van der Waals surface area contributed by atoms with Crippen molar-refractivity contribution in [2.24, 2.45) is 5.92 Å². The molecule has 0 aliphatic carbocycles. The second-order valence-electron chi connectivity index (χ2n) is 5.32. The van der Waals surface area contributed by atoms with E-state index in [1.807, 2.05) is 13.8 Å². The van der Waals surface area contributed by atoms with Crippen LogP contribution in [0, 0.1) is 5.92 Å². The molecule has 0 bridgehead atoms. The average Bonchev–Trinajstić information content (AvgIpc) is 2.38. The number of aromatic nitrogens is 1. The fraction of sp³-hybridized carbons (Fsp3) is 0.538. The highest BCUT2D eigenvalue weighted by atomic mass is 32.2. The van der Waals surface area contributed by atoms with Gasteiger partial charge in [0.2, 0.25) is 15.9 Å². The maximum absolute atomic E-state index is 12.0. The van der Waals surface area contributed by atoms with Crippen molar-refractivity contribution in [2.75, 3.05) is 20.6 Å². The molecule has 1 rings (SSSR count). The van der Waals surface area contributed by atoms with Crippen molar-refractivity contribution in [1.82, 2.24) is 14.2 Å². The first kappa shape index (κ1) is 17.4. The first-order valence-electron chi connectivity index (χ1n) is 6.54. The third-order valence-electron chi connectivity index (χ3n) is 2.76. The van der Waals surface area contributed by atoms with E-state index in [4.69, 9.17) is 0 Å². The van der Waals surface area contributed by atoms with E-state index >= 15 is 0 Å². The van der Waals surface area contributed by atoms with Crippen LogP contribution >= 0.6 is 0 Å². The Morgan fingerprint density at radius 1 is 1.33 bits per heavy atom. The van der Waals surface area contributed by atoms with E-state index in [-0.39, 0.29) is 17.3 Å². The lowest BCUT2D eigenvalue weighted by Crippen LogP contribution is -2.34. The summed E-state index contributed by atoms with van der Waals surface area (Å²) >= 11 is 0. The Balaban J connectivity index is 2.99. The average molecular weight is 315 g/mol. The van der Waals surface area contributed by atoms with Crippen LogP contribution in [0.1, 0.15) is 13.8 Å². The molecule has 8 heteroatoms. The van der Waals surface area contributed by atoms with E-state index in [9.17, 15) is 18.0 Å². The molecular weight excluding hydrogens is 294 g/mol. The second kappa shape index (κ2) is 6.86. The van der Waals surface area contributed by atoms with Crippen LogP contribution in [-0.4, -0.2) is 43.8 Å². The van der Waals surface area contributed by atoms with Gasteiger partial charge in [-0.05, 0) is 12.0 Å². The minimum Gasteiger partial charge on any atom is -0.354 e. The Bertz CT molecular complexity index is 662. The number of nitrogens with one attached hydrogen (secondary N) is 1. The fourth-order valence-corrected chi connectivity index (χ4v) is 2.45. The van der Waals surface area contributed by atoms with Crippen LogP contribution in [0.4, 0.5) is 0 Å². The molecule has 0 aliphatic rings. The summed E-state index contributed by atoms with van der Waals surface area (Å²) in [6.07, 6.45) is 1.19. The summed E-state index contributed by atoms with van der Waals surface area (Å²) in [5.41, 5.74) is -0.424. The van der Waals surface area contributed by atoms with E-state index in [2.05, 4.69) is 5.32 Å². The first-order chi connectivity index (χ1) is 9.64. The molecule has 0 saturated carbocycles. The minimum absolute atomic E-state index is 0.0243. The van der Waals surface area contributed by atoms with E-state index in [1.54, 1.807) is 0 Å². The SMILES string of the molecule is CC(C)CNC(=O)Cn1cc(S(=O)(=O)N(C)C)ccc1=O. The summed E-state index contributed by atoms with van der Waals surface area (Å²) < 4.78 is 26.2. The Hall–Kier alpha value is -1.67. The van der Waals surface area contributed by atoms with Crippen LogP contribution in [0.25, 0.3) is 0 Å². The third-order valence-corrected chi connectivity index (χ3v) is 4.55. The van der Waals surface area contributed by atoms with Crippen LogP contribution in [0.2, 0.25) is 0 Å². The highest BCUT2D eigenvalue weighted by molar-refractivity contribution is 7.89. The number of nitrogens with zero attached hydrogens (tertiary/aromatic N) is 2. The number of pyridine rings is 1. The molecule has 1 amide bonds. The molecule has 0 aliphatic heterocycles. The Morgan fingerprint density at radius 2 is 1.95 bits per heavy atom. The van der Waals surface area contributed by atoms with Crippen LogP contribution in [0.3, 0.4) is 0 Å². The largest absolute Gasteiger partial charge is 0.354 e. The van der Waals surface area contributed by atoms with Crippen molar-refractivity contribution < 1.29 is 13.2 Å². The maximum atomic E-state index is 12.0. The van der Waals surface area contributed by atoms with Crippen molar-refractivity contribution in [3.63, 3.8) is 0 Å². The third kappa shape index (κ3) is 4.68. The highest BCUT2D eigenvalue weighted by Gasteiger charge is 2.18. The number of amides is 1. The maximum Gasteiger partial charge on any atom is 0.251 e. The molecule has 0 spiro atoms. The van der Waals surface area contributed by atoms with Gasteiger partial charge in [0.05, 0.1) is 4.90 Å². The number of hydrogen-bond acceptors (Lipinski definition) is 4. The van der Waals surface area contributed by atoms with E-state index in [0.717, 1.165) is 14.9 Å². The van der Waals surface area contributed by atoms with Gasteiger partial charge in [0.25, 0.3) is 5.56 Å². The lowest BCUT2D eigenvalue weighted by molar-refractivity contribution is -0.121. The topological polar surface area (TPSA) is 88.5 Å². The van der Waals surface area contributed by atoms with Gasteiger partial charge >= 0.3 is 0 Å². The predicted molar refractivity (Wildman–Crippen MR) is 79.4 cm³/mol. The molecule has 1 aromatic heterocycles. The van der Waals surface area contributed by atoms with Gasteiger partial charge < -0.3 is 9.88 Å². The monoisotopic (exact) mass is 315 g/mol. The summed E-state index contributed by atoms with van der Waals surface area (Å²) in [5, 5.41) is 2.68. The number of rotatable bonds is 6. The van der Waals surface area contributed by atoms with Crippen LogP contribution in [0.5, 0.6) is 0 Å². The van der Waals surface area contributed by atoms with Gasteiger partial charge in [-0.3, -0.25) is 9.59 Å². The van der Waals surface area contributed by atoms with Crippen LogP contribution in [-0.2, 0) is 21.4 Å². The molecule has 0 fully saturated rings. The summed E-state index contributed by atoms with van der Waals surface area (Å²) in [4.78, 5) is 23.4. The molecular formula is C13H21N3O4S. The molecule has 7 nitrogen and oxygen atoms in total. The van der Waals surface area contributed by atoms with Crippen molar-refractivity contribution in [1.29, 1.82) is 0 Å². The zero-order valence-electron chi connectivity index (χ0n) is 12.7. The van der Waals surface area contributed by atoms with Gasteiger partial charge in [0.1, 0.15) is 6.54 Å². The number of hydrogen-bond donors (Lipinski definition) is 1. The van der Waals surface area contributed by atoms with Crippen LogP contribution in [0.15, 0.2) is 28.0 Å². The fourth-order valence-electron chi connectivity index (χ4n) is 1.52. The second-order valence-corrected chi connectivity index (χ2v) is 7.47. The first-order valence-corrected chi connectivity index (χ1v) is 7.98. The highest BCUT2D eigenvalue weighted by Crippen LogP contribution is 2.10. The molecule has 0 unspecified atom stereocenters. The molecule has 118 valence electrons. The lowest BCUT2D eigenvalue weighted by atomic mass is 10.2. The van der Waals surface area contributed by atoms with Crippen molar-refractivity contribution >= 4 is 15.9 Å². The van der Waals surface area contributed by atoms with E-state index < -0.39 is 15.6 Å². The molecule has 1 N–H and O–H groups in total. The van der Waals surface area contributed by atoms with Crippen molar-refractivity contribution in [2.45, 2.75) is 25.3 Å². The molecule has 21 heavy (non-hydrogen) atoms. The molecule has 0 atom stereocenters. The Kier molecular flexibility index (Phi) is 5.68. The number of carbonyl (C=O) groups excluding carboxylic acids is 1. The van der Waals surface area contributed by atoms with Crippen molar-refractivity contribution in [3.05, 3.63) is 28.7 Å². The lowest BCUT2D eigenvalue weighted by Gasteiger charge is -2.13. The quantitative estimate of drug-likeness (QED) is 0.792.